The van der Waals surface area contributed by atoms with Crippen LogP contribution >= 0.6 is 0 Å². The molecule has 0 radical (unpaired) electrons. The Morgan fingerprint density at radius 2 is 1.60 bits per heavy atom. The number of hydrogen-bond acceptors (Lipinski definition) is 4. The van der Waals surface area contributed by atoms with E-state index in [1.54, 1.807) is 61.9 Å². The second-order valence-corrected chi connectivity index (χ2v) is 4.68. The van der Waals surface area contributed by atoms with Gasteiger partial charge in [0.2, 0.25) is 0 Å². The summed E-state index contributed by atoms with van der Waals surface area (Å²) in [5.74, 6) is -1.08. The lowest BCUT2D eigenvalue weighted by atomic mass is 10.1. The first-order valence-corrected chi connectivity index (χ1v) is 5.97. The van der Waals surface area contributed by atoms with Crippen LogP contribution in [0.3, 0.4) is 0 Å². The molecule has 1 aliphatic rings. The minimum atomic E-state index is -0.539. The van der Waals surface area contributed by atoms with Gasteiger partial charge in [-0.2, -0.15) is 0 Å². The molecule has 0 atom stereocenters. The molecule has 2 amide bonds. The summed E-state index contributed by atoms with van der Waals surface area (Å²) in [6.45, 7) is 0. The molecule has 7 heteroatoms. The first kappa shape index (κ1) is 14.0. The predicted octanol–water partition coefficient (Wildman–Crippen LogP) is 0.335. The number of amidine groups is 1. The van der Waals surface area contributed by atoms with Crippen molar-refractivity contribution >= 4 is 17.8 Å². The van der Waals surface area contributed by atoms with Crippen LogP contribution in [0.2, 0.25) is 0 Å². The molecule has 0 bridgehead atoms. The number of rotatable bonds is 2. The summed E-state index contributed by atoms with van der Waals surface area (Å²) in [6.07, 6.45) is 0. The minimum absolute atomic E-state index is 0.303. The van der Waals surface area contributed by atoms with Crippen molar-refractivity contribution in [3.8, 4) is 0 Å². The summed E-state index contributed by atoms with van der Waals surface area (Å²) >= 11 is 0. The molecule has 106 valence electrons. The molecule has 1 heterocycles. The summed E-state index contributed by atoms with van der Waals surface area (Å²) in [5.41, 5.74) is 0.606. The monoisotopic (exact) mass is 278 g/mol. The van der Waals surface area contributed by atoms with E-state index < -0.39 is 11.8 Å². The molecule has 1 aromatic rings. The number of fused-ring (bicyclic) bond motifs is 1. The lowest BCUT2D eigenvalue weighted by Gasteiger charge is -2.13. The molecule has 1 aliphatic heterocycles. The zero-order valence-corrected chi connectivity index (χ0v) is 11.8. The van der Waals surface area contributed by atoms with Crippen LogP contribution in [-0.2, 0) is 9.88 Å². The van der Waals surface area contributed by atoms with Crippen molar-refractivity contribution < 1.29 is 24.0 Å². The van der Waals surface area contributed by atoms with Crippen LogP contribution in [0.25, 0.3) is 0 Å². The van der Waals surface area contributed by atoms with E-state index in [4.69, 9.17) is 9.88 Å². The van der Waals surface area contributed by atoms with Gasteiger partial charge in [0.1, 0.15) is 0 Å². The van der Waals surface area contributed by atoms with Gasteiger partial charge in [0.25, 0.3) is 11.8 Å². The first-order chi connectivity index (χ1) is 9.43. The minimum Gasteiger partial charge on any atom is -0.266 e. The number of carbonyl (C=O) groups is 2. The molecule has 0 N–H and O–H groups in total. The number of amides is 2. The maximum atomic E-state index is 12.0. The molecule has 0 spiro atoms. The van der Waals surface area contributed by atoms with Crippen molar-refractivity contribution in [2.24, 2.45) is 0 Å². The number of carbonyl (C=O) groups excluding carboxylic acids is 2. The maximum absolute atomic E-state index is 12.0. The Kier molecular flexibility index (Phi) is 3.71. The largest absolute Gasteiger partial charge is 0.479 e. The standard InChI is InChI=1S/C13H16N3O4/c1-14(2)13(15(3)4)19-20-16-11(17)9-7-5-6-8-10(9)12(16)18/h5-8H,1-4H3/q+1. The lowest BCUT2D eigenvalue weighted by molar-refractivity contribution is -0.501. The van der Waals surface area contributed by atoms with Gasteiger partial charge in [0, 0.05) is 0 Å². The number of benzene rings is 1. The van der Waals surface area contributed by atoms with Gasteiger partial charge in [-0.05, 0) is 17.1 Å². The Hall–Kier alpha value is -2.41. The quantitative estimate of drug-likeness (QED) is 0.195. The zero-order chi connectivity index (χ0) is 14.9. The molecule has 7 nitrogen and oxygen atoms in total. The van der Waals surface area contributed by atoms with Crippen molar-refractivity contribution in [2.75, 3.05) is 28.2 Å². The molecular weight excluding hydrogens is 262 g/mol. The number of hydrogen-bond donors (Lipinski definition) is 0. The normalized spacial score (nSPS) is 13.3. The summed E-state index contributed by atoms with van der Waals surface area (Å²) < 4.78 is 1.65. The highest BCUT2D eigenvalue weighted by molar-refractivity contribution is 6.20. The van der Waals surface area contributed by atoms with Crippen LogP contribution in [0.5, 0.6) is 0 Å². The van der Waals surface area contributed by atoms with Crippen molar-refractivity contribution in [3.63, 3.8) is 0 Å². The Morgan fingerprint density at radius 1 is 1.10 bits per heavy atom. The SMILES string of the molecule is CN(C)C(OON1C(=O)c2ccccc2C1=O)=[N+](C)C. The smallest absolute Gasteiger partial charge is 0.266 e. The van der Waals surface area contributed by atoms with Gasteiger partial charge in [0.15, 0.2) is 0 Å². The fourth-order valence-electron chi connectivity index (χ4n) is 1.85. The van der Waals surface area contributed by atoms with Crippen LogP contribution < -0.4 is 0 Å². The van der Waals surface area contributed by atoms with Gasteiger partial charge in [-0.3, -0.25) is 9.59 Å². The van der Waals surface area contributed by atoms with Crippen LogP contribution in [0.15, 0.2) is 24.3 Å². The lowest BCUT2D eigenvalue weighted by Crippen LogP contribution is -2.37. The van der Waals surface area contributed by atoms with Crippen molar-refractivity contribution in [2.45, 2.75) is 0 Å². The van der Waals surface area contributed by atoms with E-state index in [9.17, 15) is 9.59 Å². The number of imide groups is 1. The van der Waals surface area contributed by atoms with E-state index in [-0.39, 0.29) is 0 Å². The maximum Gasteiger partial charge on any atom is 0.479 e. The van der Waals surface area contributed by atoms with E-state index >= 15 is 0 Å². The van der Waals surface area contributed by atoms with Crippen LogP contribution in [-0.4, -0.2) is 60.6 Å². The van der Waals surface area contributed by atoms with Crippen LogP contribution in [0.1, 0.15) is 20.7 Å². The number of hydroxylamine groups is 2. The van der Waals surface area contributed by atoms with E-state index in [1.807, 2.05) is 0 Å². The zero-order valence-electron chi connectivity index (χ0n) is 11.8. The topological polar surface area (TPSA) is 62.1 Å². The molecule has 0 saturated carbocycles. The third kappa shape index (κ3) is 2.35. The van der Waals surface area contributed by atoms with Crippen LogP contribution in [0, 0.1) is 0 Å². The first-order valence-electron chi connectivity index (χ1n) is 5.97. The van der Waals surface area contributed by atoms with Gasteiger partial charge >= 0.3 is 6.02 Å². The summed E-state index contributed by atoms with van der Waals surface area (Å²) in [5, 5.41) is 0.609. The van der Waals surface area contributed by atoms with Gasteiger partial charge in [-0.15, -0.1) is 5.06 Å². The van der Waals surface area contributed by atoms with Crippen molar-refractivity contribution in [3.05, 3.63) is 35.4 Å². The Labute approximate surface area is 116 Å². The van der Waals surface area contributed by atoms with Crippen molar-refractivity contribution in [1.29, 1.82) is 0 Å². The number of nitrogens with zero attached hydrogens (tertiary/aromatic N) is 3. The van der Waals surface area contributed by atoms with Gasteiger partial charge in [0.05, 0.1) is 39.3 Å². The third-order valence-corrected chi connectivity index (χ3v) is 2.71. The average molecular weight is 278 g/mol. The molecule has 0 fully saturated rings. The van der Waals surface area contributed by atoms with E-state index in [2.05, 4.69) is 0 Å². The van der Waals surface area contributed by atoms with E-state index in [1.165, 1.54) is 0 Å². The molecule has 20 heavy (non-hydrogen) atoms. The summed E-state index contributed by atoms with van der Waals surface area (Å²) in [4.78, 5) is 35.7. The molecule has 1 aromatic carbocycles. The Bertz CT molecular complexity index is 556. The second kappa shape index (κ2) is 5.30. The van der Waals surface area contributed by atoms with Gasteiger partial charge in [-0.25, -0.2) is 14.4 Å². The van der Waals surface area contributed by atoms with E-state index in [0.29, 0.717) is 22.2 Å². The summed E-state index contributed by atoms with van der Waals surface area (Å²) in [6, 6.07) is 6.86. The molecule has 0 unspecified atom stereocenters. The second-order valence-electron chi connectivity index (χ2n) is 4.68. The molecule has 0 aliphatic carbocycles. The highest BCUT2D eigenvalue weighted by Gasteiger charge is 2.38. The average Bonchev–Trinajstić information content (AvgIpc) is 2.63. The fraction of sp³-hybridized carbons (Fsp3) is 0.308. The molecule has 0 saturated heterocycles. The summed E-state index contributed by atoms with van der Waals surface area (Å²) in [7, 11) is 7.00. The fourth-order valence-corrected chi connectivity index (χ4v) is 1.85. The molecular formula is C13H16N3O4+. The Morgan fingerprint density at radius 3 is 2.00 bits per heavy atom. The van der Waals surface area contributed by atoms with Gasteiger partial charge < -0.3 is 0 Å². The highest BCUT2D eigenvalue weighted by atomic mass is 17.3. The predicted molar refractivity (Wildman–Crippen MR) is 69.9 cm³/mol. The van der Waals surface area contributed by atoms with Crippen molar-refractivity contribution in [1.82, 2.24) is 9.96 Å². The molecule has 0 aromatic heterocycles. The van der Waals surface area contributed by atoms with E-state index in [0.717, 1.165) is 0 Å². The highest BCUT2D eigenvalue weighted by Crippen LogP contribution is 2.22. The Balaban J connectivity index is 2.16. The third-order valence-electron chi connectivity index (χ3n) is 2.71. The van der Waals surface area contributed by atoms with Gasteiger partial charge in [-0.1, -0.05) is 12.1 Å². The van der Waals surface area contributed by atoms with Crippen LogP contribution in [0.4, 0.5) is 0 Å². The molecule has 2 rings (SSSR count).